The third-order valence-electron chi connectivity index (χ3n) is 9.08. The monoisotopic (exact) mass is 451 g/mol. The second kappa shape index (κ2) is 9.19. The van der Waals surface area contributed by atoms with Crippen molar-refractivity contribution in [3.8, 4) is 0 Å². The van der Waals surface area contributed by atoms with Crippen LogP contribution in [0, 0.1) is 23.7 Å². The average molecular weight is 452 g/mol. The lowest BCUT2D eigenvalue weighted by Gasteiger charge is -2.49. The highest BCUT2D eigenvalue weighted by atomic mass is 16.7. The van der Waals surface area contributed by atoms with Crippen molar-refractivity contribution in [2.75, 3.05) is 32.2 Å². The number of allylic oxidation sites excluding steroid dienone is 2. The Balaban J connectivity index is 0.00000111. The summed E-state index contributed by atoms with van der Waals surface area (Å²) in [5.41, 5.74) is 6.07. The number of Topliss-reactive ketones (excluding diaryl/α,β-unsaturated/α-hetero) is 1. The van der Waals surface area contributed by atoms with E-state index in [1.54, 1.807) is 11.1 Å². The molecule has 3 saturated carbocycles. The number of hydrogen-bond acceptors (Lipinski definition) is 4. The molecule has 1 saturated heterocycles. The minimum atomic E-state index is -0.315. The fourth-order valence-corrected chi connectivity index (χ4v) is 7.67. The van der Waals surface area contributed by atoms with Crippen molar-refractivity contribution in [3.63, 3.8) is 0 Å². The predicted molar refractivity (Wildman–Crippen MR) is 132 cm³/mol. The zero-order valence-corrected chi connectivity index (χ0v) is 20.9. The number of benzene rings is 1. The smallest absolute Gasteiger partial charge is 0.169 e. The highest BCUT2D eigenvalue weighted by Crippen LogP contribution is 2.59. The first-order chi connectivity index (χ1) is 16.0. The lowest BCUT2D eigenvalue weighted by atomic mass is 9.56. The molecule has 1 aromatic carbocycles. The molecule has 1 aliphatic heterocycles. The molecule has 4 fully saturated rings. The molecule has 1 heterocycles. The summed E-state index contributed by atoms with van der Waals surface area (Å²) in [7, 11) is 4.18. The number of carbonyl (C=O) groups excluding carboxylic acids is 1. The number of hydrogen-bond donors (Lipinski definition) is 0. The van der Waals surface area contributed by atoms with Crippen LogP contribution in [0.25, 0.3) is 0 Å². The van der Waals surface area contributed by atoms with Crippen molar-refractivity contribution in [3.05, 3.63) is 41.0 Å². The summed E-state index contributed by atoms with van der Waals surface area (Å²) in [6.45, 7) is 5.49. The largest absolute Gasteiger partial charge is 0.378 e. The van der Waals surface area contributed by atoms with Crippen LogP contribution in [-0.4, -0.2) is 38.9 Å². The minimum Gasteiger partial charge on any atom is -0.378 e. The van der Waals surface area contributed by atoms with Gasteiger partial charge in [-0.05, 0) is 67.6 Å². The fourth-order valence-electron chi connectivity index (χ4n) is 7.67. The van der Waals surface area contributed by atoms with Crippen molar-refractivity contribution in [2.45, 2.75) is 76.9 Å². The lowest BCUT2D eigenvalue weighted by Crippen LogP contribution is -2.43. The maximum Gasteiger partial charge on any atom is 0.169 e. The normalized spacial score (nSPS) is 34.3. The third kappa shape index (κ3) is 3.97. The van der Waals surface area contributed by atoms with Gasteiger partial charge in [-0.3, -0.25) is 4.79 Å². The highest BCUT2D eigenvalue weighted by Gasteiger charge is 2.52. The molecular weight excluding hydrogens is 410 g/mol. The van der Waals surface area contributed by atoms with Gasteiger partial charge in [-0.2, -0.15) is 0 Å². The van der Waals surface area contributed by atoms with Crippen LogP contribution in [0.1, 0.15) is 76.7 Å². The molecule has 5 aliphatic rings. The SMILES string of the molecule is CC.CN(C)c1ccc([C@H]2CC3C(=O)CCC3C3CCC4CC5(CCC4=C32)OCCO5)cc1. The minimum absolute atomic E-state index is 0.279. The Morgan fingerprint density at radius 1 is 0.939 bits per heavy atom. The number of carbonyl (C=O) groups is 1. The van der Waals surface area contributed by atoms with Crippen LogP contribution in [0.2, 0.25) is 0 Å². The van der Waals surface area contributed by atoms with Gasteiger partial charge in [0.15, 0.2) is 5.79 Å². The van der Waals surface area contributed by atoms with Crippen molar-refractivity contribution in [2.24, 2.45) is 23.7 Å². The van der Waals surface area contributed by atoms with E-state index in [0.717, 1.165) is 51.7 Å². The van der Waals surface area contributed by atoms with Crippen LogP contribution in [-0.2, 0) is 14.3 Å². The molecule has 0 bridgehead atoms. The van der Waals surface area contributed by atoms with Crippen molar-refractivity contribution < 1.29 is 14.3 Å². The topological polar surface area (TPSA) is 38.8 Å². The third-order valence-corrected chi connectivity index (χ3v) is 9.08. The van der Waals surface area contributed by atoms with Crippen LogP contribution in [0.15, 0.2) is 35.4 Å². The number of ketones is 1. The molecule has 1 spiro atoms. The van der Waals surface area contributed by atoms with Crippen LogP contribution in [0.4, 0.5) is 5.69 Å². The van der Waals surface area contributed by atoms with Crippen molar-refractivity contribution in [1.29, 1.82) is 0 Å². The van der Waals surface area contributed by atoms with Gasteiger partial charge in [0, 0.05) is 50.9 Å². The molecule has 4 heteroatoms. The summed E-state index contributed by atoms with van der Waals surface area (Å²) < 4.78 is 12.2. The first-order valence-corrected chi connectivity index (χ1v) is 13.4. The van der Waals surface area contributed by atoms with Gasteiger partial charge in [-0.15, -0.1) is 0 Å². The van der Waals surface area contributed by atoms with Gasteiger partial charge in [0.05, 0.1) is 13.2 Å². The van der Waals surface area contributed by atoms with E-state index < -0.39 is 0 Å². The van der Waals surface area contributed by atoms with Gasteiger partial charge < -0.3 is 14.4 Å². The molecule has 180 valence electrons. The summed E-state index contributed by atoms with van der Waals surface area (Å²) in [6, 6.07) is 9.13. The number of fused-ring (bicyclic) bond motifs is 4. The molecule has 4 unspecified atom stereocenters. The van der Waals surface area contributed by atoms with E-state index >= 15 is 0 Å². The van der Waals surface area contributed by atoms with Crippen LogP contribution in [0.3, 0.4) is 0 Å². The predicted octanol–water partition coefficient (Wildman–Crippen LogP) is 6.11. The Morgan fingerprint density at radius 3 is 2.36 bits per heavy atom. The fraction of sp³-hybridized carbons (Fsp3) is 0.690. The first-order valence-electron chi connectivity index (χ1n) is 13.4. The number of rotatable bonds is 2. The molecule has 0 amide bonds. The van der Waals surface area contributed by atoms with E-state index in [0.29, 0.717) is 29.5 Å². The number of anilines is 1. The summed E-state index contributed by atoms with van der Waals surface area (Å²) in [4.78, 5) is 15.0. The molecule has 0 N–H and O–H groups in total. The standard InChI is InChI=1S/C27H35NO3.C2H6/c1-28(2)19-6-3-17(4-7-19)23-15-24-21(9-10-25(24)29)22-8-5-18-16-27(30-13-14-31-27)12-11-20(18)26(22)23;1-2/h3-4,6-7,18,21-24H,5,8-16H2,1-2H3;1-2H3/t18?,21?,22?,23-,24?;/m1./s1. The van der Waals surface area contributed by atoms with Gasteiger partial charge in [0.1, 0.15) is 5.78 Å². The average Bonchev–Trinajstić information content (AvgIpc) is 3.46. The maximum atomic E-state index is 12.8. The maximum absolute atomic E-state index is 12.8. The Morgan fingerprint density at radius 2 is 1.67 bits per heavy atom. The van der Waals surface area contributed by atoms with Gasteiger partial charge >= 0.3 is 0 Å². The number of nitrogens with zero attached hydrogens (tertiary/aromatic N) is 1. The first kappa shape index (κ1) is 23.1. The zero-order valence-electron chi connectivity index (χ0n) is 20.9. The van der Waals surface area contributed by atoms with Crippen LogP contribution < -0.4 is 4.90 Å². The van der Waals surface area contributed by atoms with E-state index in [9.17, 15) is 4.79 Å². The van der Waals surface area contributed by atoms with Gasteiger partial charge in [0.25, 0.3) is 0 Å². The molecule has 33 heavy (non-hydrogen) atoms. The van der Waals surface area contributed by atoms with Crippen LogP contribution >= 0.6 is 0 Å². The molecule has 4 nitrogen and oxygen atoms in total. The summed E-state index contributed by atoms with van der Waals surface area (Å²) in [6.07, 6.45) is 8.53. The summed E-state index contributed by atoms with van der Waals surface area (Å²) >= 11 is 0. The Labute approximate surface area is 199 Å². The second-order valence-electron chi connectivity index (χ2n) is 10.7. The highest BCUT2D eigenvalue weighted by molar-refractivity contribution is 5.84. The summed E-state index contributed by atoms with van der Waals surface area (Å²) in [5, 5.41) is 0. The summed E-state index contributed by atoms with van der Waals surface area (Å²) in [5.74, 6) is 2.68. The van der Waals surface area contributed by atoms with Gasteiger partial charge in [0.2, 0.25) is 0 Å². The lowest BCUT2D eigenvalue weighted by molar-refractivity contribution is -0.181. The molecule has 6 rings (SSSR count). The molecule has 5 atom stereocenters. The Hall–Kier alpha value is -1.65. The Kier molecular flexibility index (Phi) is 6.43. The number of ether oxygens (including phenoxy) is 2. The quantitative estimate of drug-likeness (QED) is 0.509. The van der Waals surface area contributed by atoms with Gasteiger partial charge in [-0.1, -0.05) is 37.1 Å². The van der Waals surface area contributed by atoms with Crippen LogP contribution in [0.5, 0.6) is 0 Å². The van der Waals surface area contributed by atoms with Crippen molar-refractivity contribution in [1.82, 2.24) is 0 Å². The van der Waals surface area contributed by atoms with E-state index in [4.69, 9.17) is 9.47 Å². The van der Waals surface area contributed by atoms with Gasteiger partial charge in [-0.25, -0.2) is 0 Å². The van der Waals surface area contributed by atoms with E-state index in [1.807, 2.05) is 13.8 Å². The Bertz CT molecular complexity index is 896. The molecule has 4 aliphatic carbocycles. The zero-order chi connectivity index (χ0) is 23.2. The van der Waals surface area contributed by atoms with E-state index in [-0.39, 0.29) is 11.7 Å². The second-order valence-corrected chi connectivity index (χ2v) is 10.7. The molecule has 0 radical (unpaired) electrons. The van der Waals surface area contributed by atoms with E-state index in [2.05, 4.69) is 43.3 Å². The van der Waals surface area contributed by atoms with E-state index in [1.165, 1.54) is 24.1 Å². The van der Waals surface area contributed by atoms with Crippen molar-refractivity contribution >= 4 is 11.5 Å². The molecule has 1 aromatic rings. The molecule has 0 aromatic heterocycles. The molecular formula is C29H41NO3.